The van der Waals surface area contributed by atoms with Gasteiger partial charge in [0.15, 0.2) is 0 Å². The number of aryl methyl sites for hydroxylation is 1. The van der Waals surface area contributed by atoms with E-state index in [0.29, 0.717) is 6.54 Å². The molecule has 1 aromatic rings. The molecule has 0 amide bonds. The highest BCUT2D eigenvalue weighted by molar-refractivity contribution is 5.58. The van der Waals surface area contributed by atoms with Gasteiger partial charge in [-0.1, -0.05) is 0 Å². The number of aromatic nitrogens is 2. The first-order valence-corrected chi connectivity index (χ1v) is 5.71. The Morgan fingerprint density at radius 1 is 1.29 bits per heavy atom. The molecule has 0 bridgehead atoms. The molecule has 0 spiro atoms. The van der Waals surface area contributed by atoms with Crippen molar-refractivity contribution >= 4 is 11.6 Å². The lowest BCUT2D eigenvalue weighted by molar-refractivity contribution is 0.0884. The van der Waals surface area contributed by atoms with E-state index in [4.69, 9.17) is 0 Å². The summed E-state index contributed by atoms with van der Waals surface area (Å²) in [6.07, 6.45) is 0. The second-order valence-electron chi connectivity index (χ2n) is 4.99. The van der Waals surface area contributed by atoms with Gasteiger partial charge < -0.3 is 15.3 Å². The summed E-state index contributed by atoms with van der Waals surface area (Å²) in [5.74, 6) is 2.40. The minimum absolute atomic E-state index is 0.521. The first-order chi connectivity index (χ1) is 7.74. The molecular formula is C12H22N4O. The third kappa shape index (κ3) is 3.56. The Kier molecular flexibility index (Phi) is 3.93. The molecule has 96 valence electrons. The highest BCUT2D eigenvalue weighted by atomic mass is 16.3. The second-order valence-corrected chi connectivity index (χ2v) is 4.99. The van der Waals surface area contributed by atoms with Crippen molar-refractivity contribution in [3.8, 4) is 0 Å². The molecule has 0 aliphatic carbocycles. The minimum Gasteiger partial charge on any atom is -0.389 e. The van der Waals surface area contributed by atoms with Gasteiger partial charge in [0.05, 0.1) is 5.60 Å². The van der Waals surface area contributed by atoms with Gasteiger partial charge in [-0.05, 0) is 27.7 Å². The van der Waals surface area contributed by atoms with E-state index in [1.807, 2.05) is 32.8 Å². The van der Waals surface area contributed by atoms with E-state index in [2.05, 4.69) is 15.3 Å². The normalized spacial score (nSPS) is 11.5. The van der Waals surface area contributed by atoms with E-state index < -0.39 is 5.60 Å². The van der Waals surface area contributed by atoms with Gasteiger partial charge in [0.25, 0.3) is 0 Å². The van der Waals surface area contributed by atoms with Crippen LogP contribution in [0.3, 0.4) is 0 Å². The molecule has 0 radical (unpaired) electrons. The Hall–Kier alpha value is -1.36. The van der Waals surface area contributed by atoms with Gasteiger partial charge in [-0.25, -0.2) is 9.97 Å². The van der Waals surface area contributed by atoms with E-state index >= 15 is 0 Å². The fourth-order valence-electron chi connectivity index (χ4n) is 1.88. The Balaban J connectivity index is 3.09. The van der Waals surface area contributed by atoms with Crippen molar-refractivity contribution in [2.75, 3.05) is 30.9 Å². The van der Waals surface area contributed by atoms with E-state index in [1.165, 1.54) is 0 Å². The molecule has 17 heavy (non-hydrogen) atoms. The number of nitrogens with zero attached hydrogens (tertiary/aromatic N) is 3. The van der Waals surface area contributed by atoms with Crippen molar-refractivity contribution in [1.82, 2.24) is 9.97 Å². The van der Waals surface area contributed by atoms with Crippen LogP contribution in [0.15, 0.2) is 0 Å². The molecule has 0 aliphatic heterocycles. The molecule has 0 fully saturated rings. The molecule has 0 saturated heterocycles. The number of rotatable bonds is 4. The number of likely N-dealkylation sites (N-methyl/N-ethyl adjacent to an activating group) is 1. The summed E-state index contributed by atoms with van der Waals surface area (Å²) in [5.41, 5.74) is 0.240. The van der Waals surface area contributed by atoms with E-state index in [1.54, 1.807) is 13.8 Å². The summed E-state index contributed by atoms with van der Waals surface area (Å²) in [7, 11) is 3.76. The van der Waals surface area contributed by atoms with Crippen LogP contribution in [0, 0.1) is 13.8 Å². The van der Waals surface area contributed by atoms with Crippen LogP contribution in [0.4, 0.5) is 11.6 Å². The molecule has 0 saturated carbocycles. The molecule has 1 aromatic heterocycles. The molecule has 0 aromatic carbocycles. The Bertz CT molecular complexity index is 398. The zero-order chi connectivity index (χ0) is 13.2. The Morgan fingerprint density at radius 3 is 2.35 bits per heavy atom. The maximum absolute atomic E-state index is 9.84. The summed E-state index contributed by atoms with van der Waals surface area (Å²) in [4.78, 5) is 10.7. The highest BCUT2D eigenvalue weighted by Crippen LogP contribution is 2.23. The summed E-state index contributed by atoms with van der Waals surface area (Å²) in [5, 5.41) is 12.9. The fourth-order valence-corrected chi connectivity index (χ4v) is 1.88. The van der Waals surface area contributed by atoms with Crippen LogP contribution >= 0.6 is 0 Å². The van der Waals surface area contributed by atoms with Gasteiger partial charge in [0.1, 0.15) is 17.5 Å². The van der Waals surface area contributed by atoms with Crippen LogP contribution in [0.2, 0.25) is 0 Å². The lowest BCUT2D eigenvalue weighted by Crippen LogP contribution is -2.37. The van der Waals surface area contributed by atoms with Crippen molar-refractivity contribution in [1.29, 1.82) is 0 Å². The smallest absolute Gasteiger partial charge is 0.137 e. The summed E-state index contributed by atoms with van der Waals surface area (Å²) >= 11 is 0. The molecule has 0 unspecified atom stereocenters. The lowest BCUT2D eigenvalue weighted by Gasteiger charge is -2.28. The highest BCUT2D eigenvalue weighted by Gasteiger charge is 2.19. The zero-order valence-corrected chi connectivity index (χ0v) is 11.5. The lowest BCUT2D eigenvalue weighted by atomic mass is 10.1. The first kappa shape index (κ1) is 13.7. The third-order valence-electron chi connectivity index (χ3n) is 2.45. The summed E-state index contributed by atoms with van der Waals surface area (Å²) in [6, 6.07) is 0. The predicted molar refractivity (Wildman–Crippen MR) is 70.6 cm³/mol. The van der Waals surface area contributed by atoms with Crippen molar-refractivity contribution < 1.29 is 5.11 Å². The number of nitrogens with one attached hydrogen (secondary N) is 1. The number of aliphatic hydroxyl groups is 1. The maximum Gasteiger partial charge on any atom is 0.137 e. The monoisotopic (exact) mass is 238 g/mol. The van der Waals surface area contributed by atoms with Crippen LogP contribution in [-0.2, 0) is 0 Å². The van der Waals surface area contributed by atoms with Gasteiger partial charge in [0.2, 0.25) is 0 Å². The SMILES string of the molecule is CNc1nc(C)nc(N(C)CC(C)(C)O)c1C. The van der Waals surface area contributed by atoms with Gasteiger partial charge in [0, 0.05) is 26.2 Å². The van der Waals surface area contributed by atoms with Crippen molar-refractivity contribution in [3.05, 3.63) is 11.4 Å². The topological polar surface area (TPSA) is 61.3 Å². The van der Waals surface area contributed by atoms with E-state index in [-0.39, 0.29) is 0 Å². The molecule has 5 nitrogen and oxygen atoms in total. The maximum atomic E-state index is 9.84. The van der Waals surface area contributed by atoms with Crippen LogP contribution in [0.5, 0.6) is 0 Å². The van der Waals surface area contributed by atoms with Gasteiger partial charge >= 0.3 is 0 Å². The van der Waals surface area contributed by atoms with Crippen molar-refractivity contribution in [3.63, 3.8) is 0 Å². The minimum atomic E-state index is -0.750. The number of anilines is 2. The number of hydrogen-bond acceptors (Lipinski definition) is 5. The van der Waals surface area contributed by atoms with Gasteiger partial charge in [-0.2, -0.15) is 0 Å². The quantitative estimate of drug-likeness (QED) is 0.829. The van der Waals surface area contributed by atoms with Gasteiger partial charge in [-0.15, -0.1) is 0 Å². The molecule has 1 rings (SSSR count). The molecule has 0 aliphatic rings. The zero-order valence-electron chi connectivity index (χ0n) is 11.5. The van der Waals surface area contributed by atoms with Crippen molar-refractivity contribution in [2.24, 2.45) is 0 Å². The van der Waals surface area contributed by atoms with Crippen LogP contribution < -0.4 is 10.2 Å². The Labute approximate surface area is 103 Å². The van der Waals surface area contributed by atoms with E-state index in [9.17, 15) is 5.11 Å². The van der Waals surface area contributed by atoms with Crippen LogP contribution in [0.25, 0.3) is 0 Å². The third-order valence-corrected chi connectivity index (χ3v) is 2.45. The van der Waals surface area contributed by atoms with Crippen LogP contribution in [-0.4, -0.2) is 41.3 Å². The number of hydrogen-bond donors (Lipinski definition) is 2. The average molecular weight is 238 g/mol. The molecule has 5 heteroatoms. The van der Waals surface area contributed by atoms with E-state index in [0.717, 1.165) is 23.0 Å². The summed E-state index contributed by atoms with van der Waals surface area (Å²) in [6.45, 7) is 7.92. The van der Waals surface area contributed by atoms with Gasteiger partial charge in [-0.3, -0.25) is 0 Å². The largest absolute Gasteiger partial charge is 0.389 e. The molecule has 0 atom stereocenters. The Morgan fingerprint density at radius 2 is 1.88 bits per heavy atom. The fraction of sp³-hybridized carbons (Fsp3) is 0.667. The van der Waals surface area contributed by atoms with Crippen molar-refractivity contribution in [2.45, 2.75) is 33.3 Å². The molecule has 1 heterocycles. The molecular weight excluding hydrogens is 216 g/mol. The summed E-state index contributed by atoms with van der Waals surface area (Å²) < 4.78 is 0. The molecule has 2 N–H and O–H groups in total. The van der Waals surface area contributed by atoms with Crippen LogP contribution in [0.1, 0.15) is 25.2 Å². The standard InChI is InChI=1S/C12H22N4O/c1-8-10(13-5)14-9(2)15-11(8)16(6)7-12(3,4)17/h17H,7H2,1-6H3,(H,13,14,15). The predicted octanol–water partition coefficient (Wildman–Crippen LogP) is 1.34. The average Bonchev–Trinajstić information content (AvgIpc) is 2.18. The second kappa shape index (κ2) is 4.87. The first-order valence-electron chi connectivity index (χ1n) is 5.71.